The molecule has 0 saturated carbocycles. The number of likely N-dealkylation sites (tertiary alicyclic amines) is 2. The molecule has 0 unspecified atom stereocenters. The van der Waals surface area contributed by atoms with Crippen LogP contribution in [0.4, 0.5) is 14.9 Å². The van der Waals surface area contributed by atoms with Crippen molar-refractivity contribution < 1.29 is 33.3 Å². The van der Waals surface area contributed by atoms with Crippen LogP contribution in [0.25, 0.3) is 6.08 Å². The van der Waals surface area contributed by atoms with E-state index in [9.17, 15) is 19.1 Å². The van der Waals surface area contributed by atoms with E-state index in [0.717, 1.165) is 37.2 Å². The molecular formula is C39H58FN3O6. The fourth-order valence-corrected chi connectivity index (χ4v) is 7.93. The molecule has 10 heteroatoms. The van der Waals surface area contributed by atoms with Crippen LogP contribution in [-0.4, -0.2) is 103 Å². The first-order chi connectivity index (χ1) is 23.4. The van der Waals surface area contributed by atoms with Crippen LogP contribution in [0.5, 0.6) is 0 Å². The molecule has 4 aliphatic heterocycles. The maximum Gasteiger partial charge on any atom is 0.410 e. The number of hydrogen-bond acceptors (Lipinski definition) is 8. The third-order valence-corrected chi connectivity index (χ3v) is 10.7. The zero-order valence-corrected chi connectivity index (χ0v) is 30.2. The van der Waals surface area contributed by atoms with Crippen molar-refractivity contribution in [3.63, 3.8) is 0 Å². The minimum Gasteiger partial charge on any atom is -0.457 e. The third-order valence-electron chi connectivity index (χ3n) is 10.7. The van der Waals surface area contributed by atoms with Crippen molar-refractivity contribution in [3.05, 3.63) is 47.3 Å². The van der Waals surface area contributed by atoms with Crippen molar-refractivity contribution in [2.45, 2.75) is 123 Å². The number of piperidine rings is 2. The molecule has 1 aromatic carbocycles. The first kappa shape index (κ1) is 37.3. The first-order valence-corrected chi connectivity index (χ1v) is 18.6. The van der Waals surface area contributed by atoms with Gasteiger partial charge in [-0.15, -0.1) is 0 Å². The summed E-state index contributed by atoms with van der Waals surface area (Å²) < 4.78 is 32.9. The lowest BCUT2D eigenvalue weighted by Crippen LogP contribution is -2.48. The first-order valence-electron chi connectivity index (χ1n) is 18.6. The van der Waals surface area contributed by atoms with Gasteiger partial charge in [0.05, 0.1) is 24.7 Å². The molecule has 9 nitrogen and oxygen atoms in total. The zero-order chi connectivity index (χ0) is 35.1. The van der Waals surface area contributed by atoms with Crippen molar-refractivity contribution in [3.8, 4) is 0 Å². The Labute approximate surface area is 292 Å². The Morgan fingerprint density at radius 2 is 1.63 bits per heavy atom. The van der Waals surface area contributed by atoms with Gasteiger partial charge in [0.1, 0.15) is 18.0 Å². The summed E-state index contributed by atoms with van der Waals surface area (Å²) in [7, 11) is 0. The average molecular weight is 684 g/mol. The minimum absolute atomic E-state index is 0.0360. The predicted octanol–water partition coefficient (Wildman–Crippen LogP) is 6.58. The summed E-state index contributed by atoms with van der Waals surface area (Å²) in [5.74, 6) is -1.16. The summed E-state index contributed by atoms with van der Waals surface area (Å²) in [6, 6.07) is 5.51. The van der Waals surface area contributed by atoms with Crippen LogP contribution in [0.3, 0.4) is 0 Å². The van der Waals surface area contributed by atoms with Gasteiger partial charge in [0.25, 0.3) is 0 Å². The fourth-order valence-electron chi connectivity index (χ4n) is 7.93. The van der Waals surface area contributed by atoms with Crippen molar-refractivity contribution >= 4 is 23.8 Å². The molecule has 7 atom stereocenters. The number of amides is 1. The van der Waals surface area contributed by atoms with E-state index in [1.54, 1.807) is 6.07 Å². The Morgan fingerprint density at radius 1 is 0.939 bits per heavy atom. The second kappa shape index (κ2) is 17.3. The topological polar surface area (TPSA) is 91.8 Å². The van der Waals surface area contributed by atoms with Crippen LogP contribution in [0, 0.1) is 17.7 Å². The number of anilines is 1. The minimum atomic E-state index is -0.868. The van der Waals surface area contributed by atoms with E-state index in [-0.39, 0.29) is 42.4 Å². The van der Waals surface area contributed by atoms with Crippen LogP contribution in [0.2, 0.25) is 0 Å². The standard InChI is InChI=1S/C39H58FN3O6/c1-26-9-11-35(44)23-37(45)49-38(28(3)19-31-20-32(40)22-34(21-31)43-24-29(4)47-30(5)25-43)27(2)10-12-36(26)48-39(46)42-17-13-33(14-18-42)41-15-7-6-8-16-41/h10,12,19-22,26-27,29-30,33,35-36,38,44H,6-9,11,13-18,23-25H2,1-5H3/b12-10-,28-19+/t26-,27+,29-,30+,35+,36+,38+/m1/s1. The summed E-state index contributed by atoms with van der Waals surface area (Å²) in [6.45, 7) is 14.9. The Bertz CT molecular complexity index is 1310. The molecule has 3 fully saturated rings. The van der Waals surface area contributed by atoms with Gasteiger partial charge in [-0.1, -0.05) is 32.4 Å². The summed E-state index contributed by atoms with van der Waals surface area (Å²) in [4.78, 5) is 33.0. The summed E-state index contributed by atoms with van der Waals surface area (Å²) >= 11 is 0. The van der Waals surface area contributed by atoms with E-state index < -0.39 is 24.3 Å². The lowest BCUT2D eigenvalue weighted by molar-refractivity contribution is -0.151. The number of hydrogen-bond donors (Lipinski definition) is 1. The van der Waals surface area contributed by atoms with E-state index in [0.29, 0.717) is 50.6 Å². The molecule has 1 amide bonds. The summed E-state index contributed by atoms with van der Waals surface area (Å²) in [5, 5.41) is 10.7. The highest BCUT2D eigenvalue weighted by molar-refractivity contribution is 5.71. The van der Waals surface area contributed by atoms with Gasteiger partial charge < -0.3 is 34.0 Å². The number of aliphatic hydroxyl groups is 1. The molecule has 0 radical (unpaired) electrons. The number of ether oxygens (including phenoxy) is 3. The smallest absolute Gasteiger partial charge is 0.410 e. The molecule has 4 heterocycles. The highest BCUT2D eigenvalue weighted by Gasteiger charge is 2.32. The Hall–Kier alpha value is -2.95. The van der Waals surface area contributed by atoms with Gasteiger partial charge >= 0.3 is 12.1 Å². The molecular weight excluding hydrogens is 625 g/mol. The number of cyclic esters (lactones) is 1. The van der Waals surface area contributed by atoms with E-state index in [4.69, 9.17) is 14.2 Å². The van der Waals surface area contributed by atoms with Crippen molar-refractivity contribution in [1.29, 1.82) is 0 Å². The number of esters is 1. The Kier molecular flexibility index (Phi) is 13.2. The van der Waals surface area contributed by atoms with E-state index in [2.05, 4.69) is 9.80 Å². The van der Waals surface area contributed by atoms with E-state index in [1.165, 1.54) is 25.3 Å². The van der Waals surface area contributed by atoms with Gasteiger partial charge in [-0.3, -0.25) is 4.79 Å². The van der Waals surface area contributed by atoms with E-state index in [1.807, 2.05) is 63.8 Å². The van der Waals surface area contributed by atoms with Crippen molar-refractivity contribution in [2.24, 2.45) is 11.8 Å². The molecule has 1 aromatic rings. The molecule has 3 saturated heterocycles. The third kappa shape index (κ3) is 10.5. The quantitative estimate of drug-likeness (QED) is 0.275. The van der Waals surface area contributed by atoms with Gasteiger partial charge in [-0.2, -0.15) is 0 Å². The summed E-state index contributed by atoms with van der Waals surface area (Å²) in [5.41, 5.74) is 2.19. The predicted molar refractivity (Wildman–Crippen MR) is 190 cm³/mol. The molecule has 272 valence electrons. The van der Waals surface area contributed by atoms with Crippen molar-refractivity contribution in [2.75, 3.05) is 44.2 Å². The van der Waals surface area contributed by atoms with Crippen LogP contribution >= 0.6 is 0 Å². The van der Waals surface area contributed by atoms with Crippen LogP contribution in [0.15, 0.2) is 35.9 Å². The molecule has 1 N–H and O–H groups in total. The SMILES string of the molecule is C/C(=C\c1cc(F)cc(N2C[C@@H](C)O[C@@H](C)C2)c1)[C@H]1OC(=O)C[C@@H](O)CC[C@@H](C)[C@@H](OC(=O)N2CCC(N3CCCCC3)CC2)/C=C\[C@@H]1C. The molecule has 4 aliphatic rings. The maximum absolute atomic E-state index is 14.9. The molecule has 0 aromatic heterocycles. The fraction of sp³-hybridized carbons (Fsp3) is 0.692. The summed E-state index contributed by atoms with van der Waals surface area (Å²) in [6.07, 6.45) is 10.1. The van der Waals surface area contributed by atoms with Gasteiger partial charge in [0.2, 0.25) is 0 Å². The van der Waals surface area contributed by atoms with Gasteiger partial charge in [0, 0.05) is 43.8 Å². The number of carbonyl (C=O) groups is 2. The number of morpholine rings is 1. The molecule has 0 aliphatic carbocycles. The number of halogens is 1. The largest absolute Gasteiger partial charge is 0.457 e. The van der Waals surface area contributed by atoms with Gasteiger partial charge in [-0.25, -0.2) is 9.18 Å². The number of carbonyl (C=O) groups excluding carboxylic acids is 2. The second-order valence-electron chi connectivity index (χ2n) is 15.0. The lowest BCUT2D eigenvalue weighted by Gasteiger charge is -2.40. The van der Waals surface area contributed by atoms with Gasteiger partial charge in [0.15, 0.2) is 0 Å². The molecule has 5 rings (SSSR count). The zero-order valence-electron chi connectivity index (χ0n) is 30.2. The highest BCUT2D eigenvalue weighted by Crippen LogP contribution is 2.29. The maximum atomic E-state index is 14.9. The second-order valence-corrected chi connectivity index (χ2v) is 15.0. The number of aliphatic hydroxyl groups excluding tert-OH is 1. The number of benzene rings is 1. The van der Waals surface area contributed by atoms with Crippen LogP contribution < -0.4 is 4.90 Å². The normalized spacial score (nSPS) is 32.5. The molecule has 49 heavy (non-hydrogen) atoms. The Balaban J connectivity index is 1.30. The van der Waals surface area contributed by atoms with Crippen LogP contribution in [0.1, 0.15) is 91.5 Å². The van der Waals surface area contributed by atoms with Crippen LogP contribution in [-0.2, 0) is 19.0 Å². The lowest BCUT2D eigenvalue weighted by atomic mass is 9.91. The molecule has 0 bridgehead atoms. The highest BCUT2D eigenvalue weighted by atomic mass is 19.1. The number of nitrogens with zero attached hydrogens (tertiary/aromatic N) is 3. The molecule has 0 spiro atoms. The monoisotopic (exact) mass is 683 g/mol. The Morgan fingerprint density at radius 3 is 2.33 bits per heavy atom. The van der Waals surface area contributed by atoms with Crippen molar-refractivity contribution in [1.82, 2.24) is 9.80 Å². The average Bonchev–Trinajstić information content (AvgIpc) is 3.07. The number of rotatable bonds is 5. The van der Waals surface area contributed by atoms with Gasteiger partial charge in [-0.05, 0) is 114 Å². The van der Waals surface area contributed by atoms with E-state index >= 15 is 0 Å².